The third-order valence-electron chi connectivity index (χ3n) is 5.54. The van der Waals surface area contributed by atoms with E-state index in [1.807, 2.05) is 47.4 Å². The van der Waals surface area contributed by atoms with Gasteiger partial charge in [-0.15, -0.1) is 0 Å². The third-order valence-corrected chi connectivity index (χ3v) is 6.35. The van der Waals surface area contributed by atoms with Crippen molar-refractivity contribution in [1.82, 2.24) is 9.80 Å². The molecule has 4 nitrogen and oxygen atoms in total. The van der Waals surface area contributed by atoms with Crippen molar-refractivity contribution in [2.45, 2.75) is 6.42 Å². The Morgan fingerprint density at radius 1 is 0.893 bits per heavy atom. The predicted octanol–water partition coefficient (Wildman–Crippen LogP) is 4.63. The number of fused-ring (bicyclic) bond motifs is 1. The summed E-state index contributed by atoms with van der Waals surface area (Å²) in [4.78, 5) is 19.1. The summed E-state index contributed by atoms with van der Waals surface area (Å²) >= 11 is 12.5. The lowest BCUT2D eigenvalue weighted by Gasteiger charge is -2.36. The number of carbonyl (C=O) groups excluding carboxylic acids is 1. The molecule has 2 heterocycles. The Hall–Kier alpha value is -2.01. The molecule has 6 heteroatoms. The Morgan fingerprint density at radius 2 is 1.61 bits per heavy atom. The summed E-state index contributed by atoms with van der Waals surface area (Å²) in [6.45, 7) is 9.55. The Labute approximate surface area is 175 Å². The molecular weight excluding hydrogens is 393 g/mol. The molecule has 146 valence electrons. The zero-order valence-electron chi connectivity index (χ0n) is 15.7. The van der Waals surface area contributed by atoms with Crippen molar-refractivity contribution in [1.29, 1.82) is 0 Å². The predicted molar refractivity (Wildman–Crippen MR) is 116 cm³/mol. The normalized spacial score (nSPS) is 17.4. The molecule has 1 saturated heterocycles. The second-order valence-corrected chi connectivity index (χ2v) is 7.99. The summed E-state index contributed by atoms with van der Waals surface area (Å²) in [6, 6.07) is 13.5. The maximum atomic E-state index is 12.6. The highest BCUT2D eigenvalue weighted by Gasteiger charge is 2.30. The summed E-state index contributed by atoms with van der Waals surface area (Å²) in [7, 11) is 0. The van der Waals surface area contributed by atoms with Gasteiger partial charge in [0.25, 0.3) is 5.91 Å². The summed E-state index contributed by atoms with van der Waals surface area (Å²) < 4.78 is 0. The lowest BCUT2D eigenvalue weighted by molar-refractivity contribution is 0.0845. The van der Waals surface area contributed by atoms with E-state index in [9.17, 15) is 4.79 Å². The van der Waals surface area contributed by atoms with E-state index in [-0.39, 0.29) is 5.91 Å². The van der Waals surface area contributed by atoms with Crippen molar-refractivity contribution in [3.63, 3.8) is 0 Å². The fourth-order valence-corrected chi connectivity index (χ4v) is 4.39. The highest BCUT2D eigenvalue weighted by molar-refractivity contribution is 6.43. The molecule has 1 fully saturated rings. The number of anilines is 1. The number of amides is 1. The van der Waals surface area contributed by atoms with E-state index in [4.69, 9.17) is 23.2 Å². The zero-order valence-corrected chi connectivity index (χ0v) is 17.2. The standard InChI is InChI=1S/C22H23Cl2N3O/c1-16-17-6-2-3-7-18(17)22(28)27(16)11-5-10-25-12-14-26(15-13-25)20-9-4-8-19(23)21(20)24/h2-4,6-9H,1,5,10-15H2. The van der Waals surface area contributed by atoms with Gasteiger partial charge in [0.1, 0.15) is 0 Å². The molecule has 0 saturated carbocycles. The molecule has 0 aromatic heterocycles. The van der Waals surface area contributed by atoms with Gasteiger partial charge in [-0.2, -0.15) is 0 Å². The van der Waals surface area contributed by atoms with Gasteiger partial charge in [-0.05, 0) is 31.2 Å². The van der Waals surface area contributed by atoms with Gasteiger partial charge in [-0.1, -0.05) is 54.0 Å². The summed E-state index contributed by atoms with van der Waals surface area (Å²) in [5.41, 5.74) is 3.55. The lowest BCUT2D eigenvalue weighted by Crippen LogP contribution is -2.47. The van der Waals surface area contributed by atoms with Crippen LogP contribution >= 0.6 is 23.2 Å². The summed E-state index contributed by atoms with van der Waals surface area (Å²) in [6.07, 6.45) is 0.927. The molecule has 0 spiro atoms. The van der Waals surface area contributed by atoms with Crippen LogP contribution in [0.25, 0.3) is 5.70 Å². The first-order chi connectivity index (χ1) is 13.6. The molecule has 4 rings (SSSR count). The number of benzene rings is 2. The van der Waals surface area contributed by atoms with Crippen molar-refractivity contribution in [3.05, 3.63) is 70.2 Å². The van der Waals surface area contributed by atoms with Crippen LogP contribution in [0.4, 0.5) is 5.69 Å². The molecule has 0 radical (unpaired) electrons. The number of nitrogens with zero attached hydrogens (tertiary/aromatic N) is 3. The molecule has 0 unspecified atom stereocenters. The molecule has 2 aliphatic rings. The Bertz CT molecular complexity index is 871. The van der Waals surface area contributed by atoms with Crippen LogP contribution in [0.5, 0.6) is 0 Å². The van der Waals surface area contributed by atoms with E-state index < -0.39 is 0 Å². The van der Waals surface area contributed by atoms with Gasteiger partial charge in [0.15, 0.2) is 0 Å². The van der Waals surface area contributed by atoms with Gasteiger partial charge in [-0.3, -0.25) is 9.69 Å². The van der Waals surface area contributed by atoms with Crippen LogP contribution < -0.4 is 4.90 Å². The van der Waals surface area contributed by atoms with Crippen molar-refractivity contribution in [2.75, 3.05) is 44.2 Å². The molecule has 2 aromatic rings. The first kappa shape index (κ1) is 19.3. The van der Waals surface area contributed by atoms with Gasteiger partial charge < -0.3 is 9.80 Å². The van der Waals surface area contributed by atoms with E-state index in [2.05, 4.69) is 16.4 Å². The van der Waals surface area contributed by atoms with E-state index in [1.165, 1.54) is 0 Å². The minimum Gasteiger partial charge on any atom is -0.368 e. The van der Waals surface area contributed by atoms with E-state index in [0.717, 1.165) is 61.7 Å². The van der Waals surface area contributed by atoms with Crippen LogP contribution in [0, 0.1) is 0 Å². The average Bonchev–Trinajstić information content (AvgIpc) is 2.96. The highest BCUT2D eigenvalue weighted by Crippen LogP contribution is 2.33. The molecule has 1 amide bonds. The SMILES string of the molecule is C=C1c2ccccc2C(=O)N1CCCN1CCN(c2cccc(Cl)c2Cl)CC1. The van der Waals surface area contributed by atoms with Gasteiger partial charge in [-0.25, -0.2) is 0 Å². The smallest absolute Gasteiger partial charge is 0.258 e. The summed E-state index contributed by atoms with van der Waals surface area (Å²) in [5.74, 6) is 0.0704. The Balaban J connectivity index is 1.27. The lowest BCUT2D eigenvalue weighted by atomic mass is 10.1. The maximum Gasteiger partial charge on any atom is 0.258 e. The van der Waals surface area contributed by atoms with E-state index in [0.29, 0.717) is 16.6 Å². The number of carbonyl (C=O) groups is 1. The molecule has 0 atom stereocenters. The molecule has 28 heavy (non-hydrogen) atoms. The number of rotatable bonds is 5. The largest absolute Gasteiger partial charge is 0.368 e. The van der Waals surface area contributed by atoms with E-state index >= 15 is 0 Å². The second-order valence-electron chi connectivity index (χ2n) is 7.20. The maximum absolute atomic E-state index is 12.6. The van der Waals surface area contributed by atoms with Crippen LogP contribution in [-0.4, -0.2) is 55.0 Å². The van der Waals surface area contributed by atoms with Crippen molar-refractivity contribution in [2.24, 2.45) is 0 Å². The molecule has 2 aromatic carbocycles. The van der Waals surface area contributed by atoms with Gasteiger partial charge in [0.2, 0.25) is 0 Å². The van der Waals surface area contributed by atoms with Crippen molar-refractivity contribution < 1.29 is 4.79 Å². The van der Waals surface area contributed by atoms with Gasteiger partial charge >= 0.3 is 0 Å². The number of hydrogen-bond acceptors (Lipinski definition) is 3. The van der Waals surface area contributed by atoms with Crippen LogP contribution in [0.3, 0.4) is 0 Å². The molecule has 0 bridgehead atoms. The van der Waals surface area contributed by atoms with Crippen molar-refractivity contribution >= 4 is 40.5 Å². The quantitative estimate of drug-likeness (QED) is 0.711. The fraction of sp³-hybridized carbons (Fsp3) is 0.318. The van der Waals surface area contributed by atoms with Crippen molar-refractivity contribution in [3.8, 4) is 0 Å². The van der Waals surface area contributed by atoms with Gasteiger partial charge in [0.05, 0.1) is 15.7 Å². The fourth-order valence-electron chi connectivity index (χ4n) is 3.97. The molecular formula is C22H23Cl2N3O. The van der Waals surface area contributed by atoms with Crippen LogP contribution in [0.15, 0.2) is 49.0 Å². The second kappa shape index (κ2) is 8.16. The first-order valence-electron chi connectivity index (χ1n) is 9.58. The number of piperazine rings is 1. The minimum absolute atomic E-state index is 0.0704. The number of hydrogen-bond donors (Lipinski definition) is 0. The Morgan fingerprint density at radius 3 is 2.32 bits per heavy atom. The third kappa shape index (κ3) is 3.64. The zero-order chi connectivity index (χ0) is 19.7. The average molecular weight is 416 g/mol. The van der Waals surface area contributed by atoms with Crippen LogP contribution in [-0.2, 0) is 0 Å². The topological polar surface area (TPSA) is 26.8 Å². The van der Waals surface area contributed by atoms with E-state index in [1.54, 1.807) is 0 Å². The van der Waals surface area contributed by atoms with Gasteiger partial charge in [0, 0.05) is 49.5 Å². The summed E-state index contributed by atoms with van der Waals surface area (Å²) in [5, 5.41) is 1.22. The number of halogens is 2. The monoisotopic (exact) mass is 415 g/mol. The first-order valence-corrected chi connectivity index (χ1v) is 10.3. The molecule has 0 N–H and O–H groups in total. The highest BCUT2D eigenvalue weighted by atomic mass is 35.5. The molecule has 0 aliphatic carbocycles. The molecule has 2 aliphatic heterocycles. The van der Waals surface area contributed by atoms with Crippen LogP contribution in [0.2, 0.25) is 10.0 Å². The van der Waals surface area contributed by atoms with Crippen LogP contribution in [0.1, 0.15) is 22.3 Å². The Kier molecular flexibility index (Phi) is 5.63. The minimum atomic E-state index is 0.0704.